The molecule has 2 aromatic rings. The van der Waals surface area contributed by atoms with Crippen molar-refractivity contribution in [2.24, 2.45) is 0 Å². The molecule has 2 saturated heterocycles. The summed E-state index contributed by atoms with van der Waals surface area (Å²) in [5, 5.41) is 2.81. The van der Waals surface area contributed by atoms with E-state index in [0.29, 0.717) is 37.6 Å². The lowest BCUT2D eigenvalue weighted by molar-refractivity contribution is -0.119. The van der Waals surface area contributed by atoms with Crippen LogP contribution in [0.3, 0.4) is 0 Å². The third-order valence-corrected chi connectivity index (χ3v) is 4.31. The molecule has 3 N–H and O–H groups in total. The van der Waals surface area contributed by atoms with E-state index in [1.807, 2.05) is 22.8 Å². The Labute approximate surface area is 132 Å². The molecule has 120 valence electrons. The van der Waals surface area contributed by atoms with E-state index in [9.17, 15) is 9.59 Å². The zero-order valence-electron chi connectivity index (χ0n) is 12.5. The molecule has 23 heavy (non-hydrogen) atoms. The van der Waals surface area contributed by atoms with Crippen LogP contribution in [0.1, 0.15) is 18.9 Å². The van der Waals surface area contributed by atoms with Crippen LogP contribution in [0.2, 0.25) is 0 Å². The first-order chi connectivity index (χ1) is 11.1. The van der Waals surface area contributed by atoms with Gasteiger partial charge in [0.1, 0.15) is 0 Å². The number of cyclic esters (lactones) is 1. The molecule has 0 radical (unpaired) electrons. The number of hydrogen-bond donors (Lipinski definition) is 2. The van der Waals surface area contributed by atoms with Crippen LogP contribution in [0.15, 0.2) is 18.2 Å². The Kier molecular flexibility index (Phi) is 3.10. The molecule has 0 unspecified atom stereocenters. The normalized spacial score (nSPS) is 21.6. The lowest BCUT2D eigenvalue weighted by Gasteiger charge is -2.26. The van der Waals surface area contributed by atoms with Gasteiger partial charge in [0.2, 0.25) is 11.9 Å². The molecule has 2 aliphatic rings. The highest BCUT2D eigenvalue weighted by molar-refractivity contribution is 5.92. The van der Waals surface area contributed by atoms with Crippen LogP contribution >= 0.6 is 0 Å². The number of benzene rings is 1. The molecule has 1 atom stereocenters. The molecule has 2 fully saturated rings. The lowest BCUT2D eigenvalue weighted by Crippen LogP contribution is -2.37. The first-order valence-electron chi connectivity index (χ1n) is 7.62. The Morgan fingerprint density at radius 2 is 2.22 bits per heavy atom. The molecule has 0 bridgehead atoms. The van der Waals surface area contributed by atoms with Gasteiger partial charge in [-0.05, 0) is 24.6 Å². The van der Waals surface area contributed by atoms with Crippen LogP contribution in [-0.4, -0.2) is 41.2 Å². The van der Waals surface area contributed by atoms with Crippen molar-refractivity contribution in [1.29, 1.82) is 0 Å². The van der Waals surface area contributed by atoms with E-state index in [4.69, 9.17) is 10.5 Å². The van der Waals surface area contributed by atoms with E-state index >= 15 is 0 Å². The molecule has 8 nitrogen and oxygen atoms in total. The first-order valence-corrected chi connectivity index (χ1v) is 7.62. The van der Waals surface area contributed by atoms with Gasteiger partial charge >= 0.3 is 6.09 Å². The van der Waals surface area contributed by atoms with Gasteiger partial charge in [0.05, 0.1) is 23.7 Å². The van der Waals surface area contributed by atoms with Crippen LogP contribution in [0.4, 0.5) is 16.4 Å². The maximum absolute atomic E-state index is 11.9. The monoisotopic (exact) mass is 315 g/mol. The average Bonchev–Trinajstić information content (AvgIpc) is 3.09. The smallest absolute Gasteiger partial charge is 0.414 e. The molecule has 0 saturated carbocycles. The Hall–Kier alpha value is -2.77. The number of rotatable bonds is 2. The molecule has 8 heteroatoms. The number of hydrogen-bond acceptors (Lipinski definition) is 5. The number of nitrogens with two attached hydrogens (primary N) is 1. The van der Waals surface area contributed by atoms with Gasteiger partial charge in [0.25, 0.3) is 0 Å². The minimum Gasteiger partial charge on any atom is -0.449 e. The summed E-state index contributed by atoms with van der Waals surface area (Å²) in [6.07, 6.45) is 0.861. The van der Waals surface area contributed by atoms with Gasteiger partial charge < -0.3 is 20.4 Å². The first kappa shape index (κ1) is 13.9. The molecule has 1 aromatic carbocycles. The fraction of sp³-hybridized carbons (Fsp3) is 0.400. The van der Waals surface area contributed by atoms with Crippen molar-refractivity contribution in [3.63, 3.8) is 0 Å². The van der Waals surface area contributed by atoms with Crippen LogP contribution < -0.4 is 16.0 Å². The second-order valence-corrected chi connectivity index (χ2v) is 5.79. The van der Waals surface area contributed by atoms with E-state index in [1.54, 1.807) is 4.90 Å². The number of nitrogen functional groups attached to an aromatic ring is 1. The van der Waals surface area contributed by atoms with E-state index < -0.39 is 0 Å². The van der Waals surface area contributed by atoms with Crippen LogP contribution in [0, 0.1) is 0 Å². The number of nitrogens with zero attached hydrogens (tertiary/aromatic N) is 3. The van der Waals surface area contributed by atoms with Gasteiger partial charge in [-0.2, -0.15) is 0 Å². The summed E-state index contributed by atoms with van der Waals surface area (Å²) in [5.41, 5.74) is 8.35. The van der Waals surface area contributed by atoms with Crippen LogP contribution in [0.5, 0.6) is 0 Å². The summed E-state index contributed by atoms with van der Waals surface area (Å²) in [6, 6.07) is 5.55. The van der Waals surface area contributed by atoms with Crippen LogP contribution in [-0.2, 0) is 9.53 Å². The highest BCUT2D eigenvalue weighted by atomic mass is 16.6. The third kappa shape index (κ3) is 2.26. The van der Waals surface area contributed by atoms with Gasteiger partial charge in [-0.1, -0.05) is 0 Å². The predicted molar refractivity (Wildman–Crippen MR) is 84.1 cm³/mol. The van der Waals surface area contributed by atoms with Gasteiger partial charge in [-0.3, -0.25) is 9.69 Å². The van der Waals surface area contributed by atoms with E-state index in [2.05, 4.69) is 10.3 Å². The number of nitrogens with one attached hydrogen (secondary N) is 1. The number of carbonyl (C=O) groups excluding carboxylic acids is 2. The Balaban J connectivity index is 1.73. The van der Waals surface area contributed by atoms with E-state index in [-0.39, 0.29) is 18.0 Å². The summed E-state index contributed by atoms with van der Waals surface area (Å²) in [5.74, 6) is 0.392. The zero-order valence-corrected chi connectivity index (χ0v) is 12.5. The molecular formula is C15H17N5O3. The summed E-state index contributed by atoms with van der Waals surface area (Å²) >= 11 is 0. The predicted octanol–water partition coefficient (Wildman–Crippen LogP) is 1.03. The summed E-state index contributed by atoms with van der Waals surface area (Å²) in [4.78, 5) is 29.3. The second-order valence-electron chi connectivity index (χ2n) is 5.79. The van der Waals surface area contributed by atoms with Crippen molar-refractivity contribution in [2.45, 2.75) is 18.9 Å². The van der Waals surface area contributed by atoms with E-state index in [1.165, 1.54) is 0 Å². The maximum atomic E-state index is 11.9. The highest BCUT2D eigenvalue weighted by Gasteiger charge is 2.27. The lowest BCUT2D eigenvalue weighted by atomic mass is 10.2. The summed E-state index contributed by atoms with van der Waals surface area (Å²) in [7, 11) is 0. The van der Waals surface area contributed by atoms with Gasteiger partial charge in [-0.15, -0.1) is 0 Å². The van der Waals surface area contributed by atoms with Crippen molar-refractivity contribution < 1.29 is 14.3 Å². The standard InChI is InChI=1S/C15H17N5O3/c16-14-18-11-6-9(19-4-1-5-23-15(19)22)2-3-12(11)20(14)10-7-13(21)17-8-10/h2-3,6,10H,1,4-5,7-8H2,(H2,16,18)(H,17,21)/t10-/m0/s1. The van der Waals surface area contributed by atoms with Gasteiger partial charge in [0.15, 0.2) is 0 Å². The Bertz CT molecular complexity index is 800. The minimum absolute atomic E-state index is 0.0175. The number of ether oxygens (including phenoxy) is 1. The second kappa shape index (κ2) is 5.15. The molecule has 3 heterocycles. The molecule has 4 rings (SSSR count). The van der Waals surface area contributed by atoms with Crippen molar-refractivity contribution in [2.75, 3.05) is 30.3 Å². The number of anilines is 2. The number of carbonyl (C=O) groups is 2. The van der Waals surface area contributed by atoms with E-state index in [0.717, 1.165) is 17.6 Å². The number of amides is 2. The number of imidazole rings is 1. The topological polar surface area (TPSA) is 102 Å². The highest BCUT2D eigenvalue weighted by Crippen LogP contribution is 2.30. The van der Waals surface area contributed by atoms with Gasteiger partial charge in [-0.25, -0.2) is 9.78 Å². The number of aromatic nitrogens is 2. The summed E-state index contributed by atoms with van der Waals surface area (Å²) in [6.45, 7) is 1.64. The van der Waals surface area contributed by atoms with Crippen molar-refractivity contribution in [1.82, 2.24) is 14.9 Å². The Morgan fingerprint density at radius 1 is 1.35 bits per heavy atom. The zero-order chi connectivity index (χ0) is 16.0. The van der Waals surface area contributed by atoms with Gasteiger partial charge in [0, 0.05) is 25.2 Å². The largest absolute Gasteiger partial charge is 0.449 e. The molecular weight excluding hydrogens is 298 g/mol. The average molecular weight is 315 g/mol. The fourth-order valence-corrected chi connectivity index (χ4v) is 3.22. The minimum atomic E-state index is -0.339. The Morgan fingerprint density at radius 3 is 2.96 bits per heavy atom. The van der Waals surface area contributed by atoms with Crippen molar-refractivity contribution in [3.05, 3.63) is 18.2 Å². The molecule has 2 aliphatic heterocycles. The maximum Gasteiger partial charge on any atom is 0.414 e. The SMILES string of the molecule is Nc1nc2cc(N3CCCOC3=O)ccc2n1[C@@H]1CNC(=O)C1. The summed E-state index contributed by atoms with van der Waals surface area (Å²) < 4.78 is 6.95. The number of fused-ring (bicyclic) bond motifs is 1. The van der Waals surface area contributed by atoms with Crippen molar-refractivity contribution >= 4 is 34.7 Å². The third-order valence-electron chi connectivity index (χ3n) is 4.31. The molecule has 2 amide bonds. The van der Waals surface area contributed by atoms with Crippen LogP contribution in [0.25, 0.3) is 11.0 Å². The quantitative estimate of drug-likeness (QED) is 0.861. The fourth-order valence-electron chi connectivity index (χ4n) is 3.22. The molecule has 0 spiro atoms. The molecule has 0 aliphatic carbocycles. The van der Waals surface area contributed by atoms with Crippen molar-refractivity contribution in [3.8, 4) is 0 Å². The molecule has 1 aromatic heterocycles.